The summed E-state index contributed by atoms with van der Waals surface area (Å²) >= 11 is 0. The number of carbonyl (C=O) groups excluding carboxylic acids is 1. The Morgan fingerprint density at radius 2 is 1.85 bits per heavy atom. The molecule has 0 radical (unpaired) electrons. The van der Waals surface area contributed by atoms with E-state index in [1.807, 2.05) is 0 Å². The van der Waals surface area contributed by atoms with E-state index in [0.29, 0.717) is 5.76 Å². The van der Waals surface area contributed by atoms with E-state index in [1.165, 1.54) is 18.2 Å². The maximum absolute atomic E-state index is 13.5. The first-order valence-corrected chi connectivity index (χ1v) is 7.14. The lowest BCUT2D eigenvalue weighted by Gasteiger charge is -2.08. The number of rotatable bonds is 5. The predicted molar refractivity (Wildman–Crippen MR) is 78.5 cm³/mol. The number of benzene rings is 1. The molecule has 2 heterocycles. The van der Waals surface area contributed by atoms with Gasteiger partial charge in [0.05, 0.1) is 0 Å². The maximum Gasteiger partial charge on any atom is 0.292 e. The zero-order valence-electron chi connectivity index (χ0n) is 13.1. The Hall–Kier alpha value is -3.30. The molecular formula is C16H10F4N2O4. The van der Waals surface area contributed by atoms with Crippen molar-refractivity contribution in [3.63, 3.8) is 0 Å². The van der Waals surface area contributed by atoms with Crippen LogP contribution in [0.5, 0.6) is 5.75 Å². The summed E-state index contributed by atoms with van der Waals surface area (Å²) in [5.74, 6) is -7.90. The smallest absolute Gasteiger partial charge is 0.292 e. The number of anilines is 1. The molecule has 1 N–H and O–H groups in total. The van der Waals surface area contributed by atoms with Gasteiger partial charge < -0.3 is 19.0 Å². The molecule has 3 aromatic rings. The molecule has 1 amide bonds. The van der Waals surface area contributed by atoms with Crippen LogP contribution in [-0.2, 0) is 6.61 Å². The van der Waals surface area contributed by atoms with Gasteiger partial charge in [-0.05, 0) is 19.1 Å². The zero-order chi connectivity index (χ0) is 18.8. The first-order valence-electron chi connectivity index (χ1n) is 7.14. The Bertz CT molecular complexity index is 941. The molecule has 0 aliphatic carbocycles. The Kier molecular flexibility index (Phi) is 4.65. The number of ether oxygens (including phenoxy) is 1. The maximum atomic E-state index is 13.5. The van der Waals surface area contributed by atoms with Crippen molar-refractivity contribution in [3.05, 3.63) is 64.8 Å². The second-order valence-corrected chi connectivity index (χ2v) is 5.13. The van der Waals surface area contributed by atoms with Gasteiger partial charge in [-0.15, -0.1) is 0 Å². The third-order valence-electron chi connectivity index (χ3n) is 3.19. The molecule has 0 fully saturated rings. The quantitative estimate of drug-likeness (QED) is 0.543. The van der Waals surface area contributed by atoms with Crippen LogP contribution in [0.15, 0.2) is 33.2 Å². The first kappa shape index (κ1) is 17.5. The van der Waals surface area contributed by atoms with Crippen LogP contribution in [0.1, 0.15) is 22.1 Å². The largest absolute Gasteiger partial charge is 0.479 e. The monoisotopic (exact) mass is 370 g/mol. The highest BCUT2D eigenvalue weighted by Crippen LogP contribution is 2.27. The third kappa shape index (κ3) is 3.53. The number of aromatic nitrogens is 1. The van der Waals surface area contributed by atoms with Gasteiger partial charge in [0.1, 0.15) is 18.1 Å². The molecule has 3 rings (SSSR count). The Morgan fingerprint density at radius 1 is 1.15 bits per heavy atom. The minimum atomic E-state index is -1.67. The van der Waals surface area contributed by atoms with Crippen molar-refractivity contribution in [2.45, 2.75) is 13.5 Å². The number of nitrogens with one attached hydrogen (secondary N) is 1. The fraction of sp³-hybridized carbons (Fsp3) is 0.125. The normalized spacial score (nSPS) is 10.8. The predicted octanol–water partition coefficient (Wildman–Crippen LogP) is 3.96. The van der Waals surface area contributed by atoms with Crippen molar-refractivity contribution in [1.82, 2.24) is 5.16 Å². The van der Waals surface area contributed by atoms with E-state index in [4.69, 9.17) is 13.7 Å². The molecule has 26 heavy (non-hydrogen) atoms. The average molecular weight is 370 g/mol. The summed E-state index contributed by atoms with van der Waals surface area (Å²) in [5.41, 5.74) is 0. The number of amides is 1. The average Bonchev–Trinajstić information content (AvgIpc) is 3.22. The summed E-state index contributed by atoms with van der Waals surface area (Å²) in [6, 6.07) is 4.13. The zero-order valence-corrected chi connectivity index (χ0v) is 13.1. The van der Waals surface area contributed by atoms with E-state index < -0.39 is 41.5 Å². The van der Waals surface area contributed by atoms with Crippen LogP contribution < -0.4 is 10.1 Å². The molecule has 10 heteroatoms. The van der Waals surface area contributed by atoms with E-state index in [1.54, 1.807) is 6.92 Å². The molecule has 1 aromatic carbocycles. The number of carbonyl (C=O) groups is 1. The van der Waals surface area contributed by atoms with Crippen LogP contribution in [0, 0.1) is 30.2 Å². The standard InChI is InChI=1S/C16H10F4N2O4/c1-7-4-12(22-26-7)21-16(23)11-3-2-8(25-11)6-24-15-13(19)9(17)5-10(18)14(15)20/h2-5H,6H2,1H3,(H,21,22,23). The molecule has 0 atom stereocenters. The van der Waals surface area contributed by atoms with E-state index in [2.05, 4.69) is 10.5 Å². The number of hydrogen-bond donors (Lipinski definition) is 1. The highest BCUT2D eigenvalue weighted by molar-refractivity contribution is 6.01. The van der Waals surface area contributed by atoms with Crippen molar-refractivity contribution in [1.29, 1.82) is 0 Å². The SMILES string of the molecule is Cc1cc(NC(=O)c2ccc(COc3c(F)c(F)cc(F)c3F)o2)no1. The van der Waals surface area contributed by atoms with E-state index in [9.17, 15) is 22.4 Å². The van der Waals surface area contributed by atoms with E-state index in [-0.39, 0.29) is 23.4 Å². The minimum absolute atomic E-state index is 0.00467. The Labute approximate surface area is 143 Å². The number of furan rings is 1. The molecule has 0 aliphatic heterocycles. The van der Waals surface area contributed by atoms with Crippen molar-refractivity contribution in [2.24, 2.45) is 0 Å². The molecule has 2 aromatic heterocycles. The molecule has 0 saturated carbocycles. The molecule has 0 spiro atoms. The van der Waals surface area contributed by atoms with Gasteiger partial charge in [-0.25, -0.2) is 8.78 Å². The van der Waals surface area contributed by atoms with Crippen LogP contribution in [-0.4, -0.2) is 11.1 Å². The van der Waals surface area contributed by atoms with Gasteiger partial charge in [-0.1, -0.05) is 5.16 Å². The summed E-state index contributed by atoms with van der Waals surface area (Å²) < 4.78 is 67.9. The van der Waals surface area contributed by atoms with Crippen molar-refractivity contribution in [2.75, 3.05) is 5.32 Å². The molecular weight excluding hydrogens is 360 g/mol. The Balaban J connectivity index is 1.69. The fourth-order valence-corrected chi connectivity index (χ4v) is 2.00. The first-order chi connectivity index (χ1) is 12.3. The van der Waals surface area contributed by atoms with Crippen molar-refractivity contribution < 1.29 is 36.0 Å². The van der Waals surface area contributed by atoms with Crippen LogP contribution in [0.4, 0.5) is 23.4 Å². The lowest BCUT2D eigenvalue weighted by molar-refractivity contribution is 0.0991. The second-order valence-electron chi connectivity index (χ2n) is 5.13. The van der Waals surface area contributed by atoms with Gasteiger partial charge in [0, 0.05) is 12.1 Å². The summed E-state index contributed by atoms with van der Waals surface area (Å²) in [7, 11) is 0. The minimum Gasteiger partial charge on any atom is -0.479 e. The molecule has 6 nitrogen and oxygen atoms in total. The van der Waals surface area contributed by atoms with Gasteiger partial charge in [0.15, 0.2) is 29.0 Å². The van der Waals surface area contributed by atoms with Crippen LogP contribution in [0.2, 0.25) is 0 Å². The second kappa shape index (κ2) is 6.90. The van der Waals surface area contributed by atoms with Gasteiger partial charge in [-0.3, -0.25) is 4.79 Å². The highest BCUT2D eigenvalue weighted by Gasteiger charge is 2.21. The fourth-order valence-electron chi connectivity index (χ4n) is 2.00. The molecule has 0 unspecified atom stereocenters. The van der Waals surface area contributed by atoms with Crippen LogP contribution >= 0.6 is 0 Å². The van der Waals surface area contributed by atoms with Gasteiger partial charge in [-0.2, -0.15) is 8.78 Å². The summed E-state index contributed by atoms with van der Waals surface area (Å²) in [4.78, 5) is 12.0. The topological polar surface area (TPSA) is 77.5 Å². The molecule has 0 aliphatic rings. The van der Waals surface area contributed by atoms with E-state index >= 15 is 0 Å². The van der Waals surface area contributed by atoms with Gasteiger partial charge in [0.25, 0.3) is 5.91 Å². The molecule has 0 bridgehead atoms. The summed E-state index contributed by atoms with van der Waals surface area (Å²) in [6.45, 7) is 1.07. The highest BCUT2D eigenvalue weighted by atomic mass is 19.2. The van der Waals surface area contributed by atoms with Gasteiger partial charge >= 0.3 is 0 Å². The summed E-state index contributed by atoms with van der Waals surface area (Å²) in [6.07, 6.45) is 0. The number of hydrogen-bond acceptors (Lipinski definition) is 5. The third-order valence-corrected chi connectivity index (χ3v) is 3.19. The number of halogens is 4. The van der Waals surface area contributed by atoms with Gasteiger partial charge in [0.2, 0.25) is 11.6 Å². The summed E-state index contributed by atoms with van der Waals surface area (Å²) in [5, 5.41) is 5.97. The van der Waals surface area contributed by atoms with Crippen molar-refractivity contribution >= 4 is 11.7 Å². The van der Waals surface area contributed by atoms with Crippen LogP contribution in [0.3, 0.4) is 0 Å². The van der Waals surface area contributed by atoms with Crippen molar-refractivity contribution in [3.8, 4) is 5.75 Å². The van der Waals surface area contributed by atoms with E-state index in [0.717, 1.165) is 0 Å². The number of aryl methyl sites for hydroxylation is 1. The lowest BCUT2D eigenvalue weighted by atomic mass is 10.3. The van der Waals surface area contributed by atoms with Crippen LogP contribution in [0.25, 0.3) is 0 Å². The molecule has 136 valence electrons. The Morgan fingerprint density at radius 3 is 2.46 bits per heavy atom. The lowest BCUT2D eigenvalue weighted by Crippen LogP contribution is -2.11. The number of nitrogens with zero attached hydrogens (tertiary/aromatic N) is 1. The molecule has 0 saturated heterocycles.